The fourth-order valence-electron chi connectivity index (χ4n) is 0.0808. The summed E-state index contributed by atoms with van der Waals surface area (Å²) in [7, 11) is 0. The minimum Gasteiger partial charge on any atom is -0.477 e. The van der Waals surface area contributed by atoms with Gasteiger partial charge in [0.2, 0.25) is 0 Å². The van der Waals surface area contributed by atoms with Crippen molar-refractivity contribution in [3.8, 4) is 0 Å². The highest BCUT2D eigenvalue weighted by atomic mass is 79.9. The fraction of sp³-hybridized carbons (Fsp3) is 0. The average Bonchev–Trinajstić information content (AvgIpc) is 1.64. The van der Waals surface area contributed by atoms with Crippen LogP contribution in [0.1, 0.15) is 0 Å². The molecule has 0 bridgehead atoms. The van der Waals surface area contributed by atoms with Crippen LogP contribution in [0.3, 0.4) is 0 Å². The molecule has 0 atom stereocenters. The Morgan fingerprint density at radius 1 is 1.50 bits per heavy atom. The van der Waals surface area contributed by atoms with E-state index in [1.807, 2.05) is 0 Å². The second kappa shape index (κ2) is 3.33. The van der Waals surface area contributed by atoms with Gasteiger partial charge in [0.1, 0.15) is 3.94 Å². The largest absolute Gasteiger partial charge is 0.477 e. The molecule has 0 aliphatic rings. The second-order valence-electron chi connectivity index (χ2n) is 0.880. The molecule has 8 heavy (non-hydrogen) atoms. The van der Waals surface area contributed by atoms with Crippen LogP contribution in [0.15, 0.2) is 8.97 Å². The van der Waals surface area contributed by atoms with E-state index in [4.69, 9.17) is 28.3 Å². The Labute approximate surface area is 64.2 Å². The van der Waals surface area contributed by atoms with Gasteiger partial charge >= 0.3 is 5.97 Å². The van der Waals surface area contributed by atoms with Gasteiger partial charge in [-0.15, -0.1) is 0 Å². The van der Waals surface area contributed by atoms with Crippen LogP contribution in [0, 0.1) is 0 Å². The number of carbonyl (C=O) groups is 1. The summed E-state index contributed by atoms with van der Waals surface area (Å²) in [6.45, 7) is 0. The molecule has 0 aromatic rings. The molecule has 0 fully saturated rings. The van der Waals surface area contributed by atoms with E-state index >= 15 is 0 Å². The first-order valence-corrected chi connectivity index (χ1v) is 3.04. The Kier molecular flexibility index (Phi) is 3.44. The summed E-state index contributed by atoms with van der Waals surface area (Å²) in [5.41, 5.74) is 0. The van der Waals surface area contributed by atoms with Gasteiger partial charge < -0.3 is 5.11 Å². The number of rotatable bonds is 1. The highest BCUT2D eigenvalue weighted by Gasteiger charge is 2.05. The Morgan fingerprint density at radius 2 is 1.88 bits per heavy atom. The number of carboxylic acid groups (broad SMARTS) is 1. The molecular formula is C3HBrCl2O2. The summed E-state index contributed by atoms with van der Waals surface area (Å²) in [5.74, 6) is -1.24. The molecule has 0 saturated carbocycles. The molecule has 0 spiro atoms. The molecule has 0 saturated heterocycles. The molecule has 0 amide bonds. The van der Waals surface area contributed by atoms with Crippen molar-refractivity contribution in [3.05, 3.63) is 8.97 Å². The lowest BCUT2D eigenvalue weighted by Crippen LogP contribution is -1.92. The maximum atomic E-state index is 9.84. The molecule has 0 radical (unpaired) electrons. The minimum atomic E-state index is -1.24. The van der Waals surface area contributed by atoms with Crippen molar-refractivity contribution in [1.29, 1.82) is 0 Å². The van der Waals surface area contributed by atoms with Gasteiger partial charge in [0.25, 0.3) is 0 Å². The Morgan fingerprint density at radius 3 is 1.88 bits per heavy atom. The molecule has 2 nitrogen and oxygen atoms in total. The van der Waals surface area contributed by atoms with E-state index in [9.17, 15) is 4.79 Å². The first-order chi connectivity index (χ1) is 3.55. The smallest absolute Gasteiger partial charge is 0.349 e. The van der Waals surface area contributed by atoms with Gasteiger partial charge in [-0.2, -0.15) is 0 Å². The third-order valence-corrected chi connectivity index (χ3v) is 1.61. The second-order valence-corrected chi connectivity index (χ2v) is 2.89. The van der Waals surface area contributed by atoms with Crippen molar-refractivity contribution >= 4 is 45.1 Å². The summed E-state index contributed by atoms with van der Waals surface area (Å²) in [6, 6.07) is 0. The maximum absolute atomic E-state index is 9.84. The molecule has 0 aromatic heterocycles. The van der Waals surface area contributed by atoms with Crippen LogP contribution in [0.25, 0.3) is 0 Å². The van der Waals surface area contributed by atoms with Crippen molar-refractivity contribution < 1.29 is 9.90 Å². The van der Waals surface area contributed by atoms with Crippen LogP contribution < -0.4 is 0 Å². The van der Waals surface area contributed by atoms with Crippen LogP contribution in [0.4, 0.5) is 0 Å². The van der Waals surface area contributed by atoms with Gasteiger partial charge in [0.05, 0.1) is 0 Å². The van der Waals surface area contributed by atoms with Crippen LogP contribution in [0.5, 0.6) is 0 Å². The van der Waals surface area contributed by atoms with E-state index in [2.05, 4.69) is 15.9 Å². The zero-order chi connectivity index (χ0) is 6.73. The lowest BCUT2D eigenvalue weighted by molar-refractivity contribution is -0.131. The molecule has 1 N–H and O–H groups in total. The van der Waals surface area contributed by atoms with E-state index in [0.29, 0.717) is 0 Å². The zero-order valence-corrected chi connectivity index (χ0v) is 6.59. The number of carboxylic acids is 1. The quantitative estimate of drug-likeness (QED) is 0.687. The standard InChI is InChI=1S/C3HBrCl2O2/c4-2(6)1(5)3(7)8/h(H,7,8)/b2-1+. The van der Waals surface area contributed by atoms with Gasteiger partial charge in [-0.25, -0.2) is 4.79 Å². The molecule has 46 valence electrons. The van der Waals surface area contributed by atoms with E-state index in [1.165, 1.54) is 0 Å². The van der Waals surface area contributed by atoms with Gasteiger partial charge in [0, 0.05) is 0 Å². The van der Waals surface area contributed by atoms with E-state index in [0.717, 1.165) is 0 Å². The van der Waals surface area contributed by atoms with Crippen molar-refractivity contribution in [2.75, 3.05) is 0 Å². The predicted octanol–water partition coefficient (Wildman–Crippen LogP) is 2.11. The minimum absolute atomic E-state index is 0.0910. The lowest BCUT2D eigenvalue weighted by Gasteiger charge is -1.85. The molecule has 0 rings (SSSR count). The van der Waals surface area contributed by atoms with Gasteiger partial charge in [-0.05, 0) is 15.9 Å². The highest BCUT2D eigenvalue weighted by molar-refractivity contribution is 9.12. The molecule has 0 aromatic carbocycles. The number of halogens is 3. The molecule has 0 aliphatic heterocycles. The number of hydrogen-bond donors (Lipinski definition) is 1. The maximum Gasteiger partial charge on any atom is 0.349 e. The first kappa shape index (κ1) is 8.27. The van der Waals surface area contributed by atoms with Crippen LogP contribution in [0.2, 0.25) is 0 Å². The van der Waals surface area contributed by atoms with E-state index < -0.39 is 11.0 Å². The summed E-state index contributed by atoms with van der Waals surface area (Å²) < 4.78 is -0.0910. The van der Waals surface area contributed by atoms with Crippen LogP contribution >= 0.6 is 39.1 Å². The Hall–Kier alpha value is 0.270. The highest BCUT2D eigenvalue weighted by Crippen LogP contribution is 2.19. The van der Waals surface area contributed by atoms with Gasteiger partial charge in [-0.1, -0.05) is 23.2 Å². The lowest BCUT2D eigenvalue weighted by atomic mass is 10.7. The van der Waals surface area contributed by atoms with Gasteiger partial charge in [0.15, 0.2) is 5.03 Å². The monoisotopic (exact) mass is 218 g/mol. The molecule has 0 aliphatic carbocycles. The Balaban J connectivity index is 4.23. The van der Waals surface area contributed by atoms with Gasteiger partial charge in [-0.3, -0.25) is 0 Å². The SMILES string of the molecule is O=C(O)/C(Cl)=C(\Cl)Br. The van der Waals surface area contributed by atoms with Crippen molar-refractivity contribution in [3.63, 3.8) is 0 Å². The third kappa shape index (κ3) is 2.55. The molecule has 5 heteroatoms. The Bertz CT molecular complexity index is 138. The molecule has 0 unspecified atom stereocenters. The van der Waals surface area contributed by atoms with Crippen molar-refractivity contribution in [2.24, 2.45) is 0 Å². The van der Waals surface area contributed by atoms with Crippen LogP contribution in [-0.2, 0) is 4.79 Å². The summed E-state index contributed by atoms with van der Waals surface area (Å²) in [6.07, 6.45) is 0. The first-order valence-electron chi connectivity index (χ1n) is 1.49. The van der Waals surface area contributed by atoms with E-state index in [-0.39, 0.29) is 3.94 Å². The average molecular weight is 220 g/mol. The summed E-state index contributed by atoms with van der Waals surface area (Å²) >= 11 is 12.8. The van der Waals surface area contributed by atoms with Crippen LogP contribution in [-0.4, -0.2) is 11.1 Å². The fourth-order valence-corrected chi connectivity index (χ4v) is 0.331. The van der Waals surface area contributed by atoms with Crippen molar-refractivity contribution in [1.82, 2.24) is 0 Å². The van der Waals surface area contributed by atoms with Crippen molar-refractivity contribution in [2.45, 2.75) is 0 Å². The predicted molar refractivity (Wildman–Crippen MR) is 35.3 cm³/mol. The summed E-state index contributed by atoms with van der Waals surface area (Å²) in [4.78, 5) is 9.84. The summed E-state index contributed by atoms with van der Waals surface area (Å²) in [5, 5.41) is 7.64. The number of hydrogen-bond acceptors (Lipinski definition) is 1. The third-order valence-electron chi connectivity index (χ3n) is 0.354. The molecular weight excluding hydrogens is 219 g/mol. The number of aliphatic carboxylic acids is 1. The zero-order valence-electron chi connectivity index (χ0n) is 3.49. The molecule has 0 heterocycles. The normalized spacial score (nSPS) is 12.9. The van der Waals surface area contributed by atoms with E-state index in [1.54, 1.807) is 0 Å². The topological polar surface area (TPSA) is 37.3 Å².